The highest BCUT2D eigenvalue weighted by Gasteiger charge is 2.30. The van der Waals surface area contributed by atoms with Gasteiger partial charge < -0.3 is 19.7 Å². The molecular weight excluding hydrogens is 382 g/mol. The molecular formula is C23H29N3O4. The summed E-state index contributed by atoms with van der Waals surface area (Å²) in [4.78, 5) is 30.4. The molecule has 0 bridgehead atoms. The number of nitrogens with one attached hydrogen (secondary N) is 1. The molecule has 7 nitrogen and oxygen atoms in total. The predicted octanol–water partition coefficient (Wildman–Crippen LogP) is 4.07. The maximum Gasteiger partial charge on any atom is 0.322 e. The van der Waals surface area contributed by atoms with Crippen molar-refractivity contribution in [1.29, 1.82) is 0 Å². The summed E-state index contributed by atoms with van der Waals surface area (Å²) in [5.74, 6) is 0.521. The van der Waals surface area contributed by atoms with E-state index in [0.29, 0.717) is 19.0 Å². The highest BCUT2D eigenvalue weighted by Crippen LogP contribution is 2.27. The molecule has 3 rings (SSSR count). The van der Waals surface area contributed by atoms with Gasteiger partial charge in [-0.1, -0.05) is 18.2 Å². The summed E-state index contributed by atoms with van der Waals surface area (Å²) in [7, 11) is 0. The average molecular weight is 412 g/mol. The zero-order valence-corrected chi connectivity index (χ0v) is 17.9. The van der Waals surface area contributed by atoms with Crippen molar-refractivity contribution in [3.63, 3.8) is 0 Å². The number of morpholine rings is 1. The number of carbonyl (C=O) groups is 2. The first-order valence-electron chi connectivity index (χ1n) is 10.1. The summed E-state index contributed by atoms with van der Waals surface area (Å²) in [6, 6.07) is 12.9. The standard InChI is InChI=1S/C23H29N3O4/c1-16-13-26(22(28)25-19-8-6-5-7-9-19)14-20(30-16)18-10-11-21(24-12-18)29-15-23(3,4)17(2)27/h5-12,16,20H,13-15H2,1-4H3,(H,25,28)/t16-,20?/m1/s1. The van der Waals surface area contributed by atoms with E-state index in [9.17, 15) is 9.59 Å². The Morgan fingerprint density at radius 3 is 2.57 bits per heavy atom. The number of rotatable bonds is 6. The van der Waals surface area contributed by atoms with Gasteiger partial charge in [0.1, 0.15) is 18.5 Å². The second-order valence-corrected chi connectivity index (χ2v) is 8.30. The Labute approximate surface area is 177 Å². The molecule has 2 atom stereocenters. The highest BCUT2D eigenvalue weighted by molar-refractivity contribution is 5.89. The molecule has 30 heavy (non-hydrogen) atoms. The number of carbonyl (C=O) groups excluding carboxylic acids is 2. The van der Waals surface area contributed by atoms with Gasteiger partial charge in [0, 0.05) is 30.1 Å². The third-order valence-electron chi connectivity index (χ3n) is 5.24. The van der Waals surface area contributed by atoms with Crippen LogP contribution in [0.25, 0.3) is 0 Å². The molecule has 0 saturated carbocycles. The van der Waals surface area contributed by atoms with Crippen LogP contribution in [0.2, 0.25) is 0 Å². The largest absolute Gasteiger partial charge is 0.477 e. The first kappa shape index (κ1) is 21.8. The van der Waals surface area contributed by atoms with Crippen molar-refractivity contribution in [3.05, 3.63) is 54.2 Å². The molecule has 2 amide bonds. The number of nitrogens with zero attached hydrogens (tertiary/aromatic N) is 2. The lowest BCUT2D eigenvalue weighted by atomic mass is 9.90. The fourth-order valence-electron chi connectivity index (χ4n) is 3.05. The molecule has 1 aromatic carbocycles. The SMILES string of the molecule is CC(=O)C(C)(C)COc1ccc(C2CN(C(=O)Nc3ccccc3)C[C@@H](C)O2)cn1. The van der Waals surface area contributed by atoms with Crippen LogP contribution in [0.5, 0.6) is 5.88 Å². The number of hydrogen-bond acceptors (Lipinski definition) is 5. The van der Waals surface area contributed by atoms with Crippen molar-refractivity contribution in [3.8, 4) is 5.88 Å². The Morgan fingerprint density at radius 2 is 1.93 bits per heavy atom. The molecule has 0 radical (unpaired) electrons. The second-order valence-electron chi connectivity index (χ2n) is 8.30. The normalized spacial score (nSPS) is 19.3. The molecule has 7 heteroatoms. The molecule has 2 heterocycles. The molecule has 1 saturated heterocycles. The van der Waals surface area contributed by atoms with Gasteiger partial charge >= 0.3 is 6.03 Å². The topological polar surface area (TPSA) is 80.8 Å². The first-order valence-corrected chi connectivity index (χ1v) is 10.1. The number of aromatic nitrogens is 1. The van der Waals surface area contributed by atoms with Crippen LogP contribution in [0, 0.1) is 5.41 Å². The number of benzene rings is 1. The van der Waals surface area contributed by atoms with Crippen LogP contribution in [-0.2, 0) is 9.53 Å². The van der Waals surface area contributed by atoms with E-state index in [0.717, 1.165) is 11.3 Å². The lowest BCUT2D eigenvalue weighted by Gasteiger charge is -2.36. The summed E-state index contributed by atoms with van der Waals surface area (Å²) >= 11 is 0. The average Bonchev–Trinajstić information content (AvgIpc) is 2.73. The Bertz CT molecular complexity index is 868. The number of Topliss-reactive ketones (excluding diaryl/α,β-unsaturated/α-hetero) is 1. The Morgan fingerprint density at radius 1 is 1.20 bits per heavy atom. The molecule has 1 fully saturated rings. The summed E-state index contributed by atoms with van der Waals surface area (Å²) < 4.78 is 11.7. The van der Waals surface area contributed by atoms with E-state index in [4.69, 9.17) is 9.47 Å². The summed E-state index contributed by atoms with van der Waals surface area (Å²) in [6.07, 6.45) is 1.33. The summed E-state index contributed by atoms with van der Waals surface area (Å²) in [6.45, 7) is 8.40. The number of amides is 2. The van der Waals surface area contributed by atoms with Crippen molar-refractivity contribution in [1.82, 2.24) is 9.88 Å². The van der Waals surface area contributed by atoms with Crippen molar-refractivity contribution in [2.24, 2.45) is 5.41 Å². The van der Waals surface area contributed by atoms with Crippen LogP contribution < -0.4 is 10.1 Å². The van der Waals surface area contributed by atoms with Crippen molar-refractivity contribution < 1.29 is 19.1 Å². The molecule has 2 aromatic rings. The third-order valence-corrected chi connectivity index (χ3v) is 5.24. The zero-order valence-electron chi connectivity index (χ0n) is 17.9. The van der Waals surface area contributed by atoms with E-state index in [1.165, 1.54) is 0 Å². The molecule has 1 aliphatic heterocycles. The maximum absolute atomic E-state index is 12.7. The van der Waals surface area contributed by atoms with Gasteiger partial charge in [0.25, 0.3) is 0 Å². The van der Waals surface area contributed by atoms with Crippen LogP contribution in [0.15, 0.2) is 48.7 Å². The van der Waals surface area contributed by atoms with Gasteiger partial charge in [-0.25, -0.2) is 9.78 Å². The molecule has 0 aliphatic carbocycles. The number of ether oxygens (including phenoxy) is 2. The summed E-state index contributed by atoms with van der Waals surface area (Å²) in [5.41, 5.74) is 1.07. The fourth-order valence-corrected chi connectivity index (χ4v) is 3.05. The lowest BCUT2D eigenvalue weighted by Crippen LogP contribution is -2.47. The van der Waals surface area contributed by atoms with E-state index in [-0.39, 0.29) is 30.6 Å². The van der Waals surface area contributed by atoms with Gasteiger partial charge in [0.2, 0.25) is 5.88 Å². The van der Waals surface area contributed by atoms with Gasteiger partial charge in [-0.2, -0.15) is 0 Å². The molecule has 1 aliphatic rings. The van der Waals surface area contributed by atoms with Crippen LogP contribution in [0.1, 0.15) is 39.4 Å². The van der Waals surface area contributed by atoms with E-state index >= 15 is 0 Å². The van der Waals surface area contributed by atoms with E-state index in [1.54, 1.807) is 24.1 Å². The minimum atomic E-state index is -0.561. The lowest BCUT2D eigenvalue weighted by molar-refractivity contribution is -0.126. The quantitative estimate of drug-likeness (QED) is 0.775. The first-order chi connectivity index (χ1) is 14.2. The summed E-state index contributed by atoms with van der Waals surface area (Å²) in [5, 5.41) is 2.92. The van der Waals surface area contributed by atoms with E-state index < -0.39 is 5.41 Å². The molecule has 160 valence electrons. The van der Waals surface area contributed by atoms with Crippen LogP contribution in [0.4, 0.5) is 10.5 Å². The Balaban J connectivity index is 1.62. The van der Waals surface area contributed by atoms with E-state index in [2.05, 4.69) is 10.3 Å². The fraction of sp³-hybridized carbons (Fsp3) is 0.435. The van der Waals surface area contributed by atoms with Gasteiger partial charge in [-0.05, 0) is 45.9 Å². The molecule has 0 spiro atoms. The van der Waals surface area contributed by atoms with Crippen LogP contribution in [-0.4, -0.2) is 47.5 Å². The molecule has 1 unspecified atom stereocenters. The Kier molecular flexibility index (Phi) is 6.72. The van der Waals surface area contributed by atoms with Gasteiger partial charge in [-0.15, -0.1) is 0 Å². The second kappa shape index (κ2) is 9.26. The molecule has 1 aromatic heterocycles. The van der Waals surface area contributed by atoms with Crippen LogP contribution >= 0.6 is 0 Å². The van der Waals surface area contributed by atoms with Gasteiger partial charge in [-0.3, -0.25) is 4.79 Å². The van der Waals surface area contributed by atoms with E-state index in [1.807, 2.05) is 57.2 Å². The number of anilines is 1. The number of hydrogen-bond donors (Lipinski definition) is 1. The molecule has 1 N–H and O–H groups in total. The minimum Gasteiger partial charge on any atom is -0.477 e. The van der Waals surface area contributed by atoms with Crippen molar-refractivity contribution >= 4 is 17.5 Å². The third kappa shape index (κ3) is 5.57. The predicted molar refractivity (Wildman–Crippen MR) is 115 cm³/mol. The van der Waals surface area contributed by atoms with Crippen molar-refractivity contribution in [2.45, 2.75) is 39.9 Å². The maximum atomic E-state index is 12.7. The number of ketones is 1. The Hall–Kier alpha value is -2.93. The number of pyridine rings is 1. The zero-order chi connectivity index (χ0) is 21.7. The number of para-hydroxylation sites is 1. The van der Waals surface area contributed by atoms with Crippen LogP contribution in [0.3, 0.4) is 0 Å². The smallest absolute Gasteiger partial charge is 0.322 e. The number of urea groups is 1. The monoisotopic (exact) mass is 411 g/mol. The highest BCUT2D eigenvalue weighted by atomic mass is 16.5. The minimum absolute atomic E-state index is 0.0672. The van der Waals surface area contributed by atoms with Gasteiger partial charge in [0.15, 0.2) is 0 Å². The van der Waals surface area contributed by atoms with Crippen molar-refractivity contribution in [2.75, 3.05) is 25.0 Å². The van der Waals surface area contributed by atoms with Gasteiger partial charge in [0.05, 0.1) is 18.1 Å².